The molecule has 0 atom stereocenters. The summed E-state index contributed by atoms with van der Waals surface area (Å²) in [5.74, 6) is 0. The van der Waals surface area contributed by atoms with Crippen molar-refractivity contribution in [2.45, 2.75) is 0 Å². The third kappa shape index (κ3) is 81.0. The fourth-order valence-electron chi connectivity index (χ4n) is 0. The molecule has 0 rings (SSSR count). The minimum atomic E-state index is -3.45. The molecule has 0 aliphatic rings. The Hall–Kier alpha value is 0.628. The average molecular weight is 192 g/mol. The van der Waals surface area contributed by atoms with Crippen LogP contribution in [0.4, 0.5) is 4.70 Å². The topological polar surface area (TPSA) is 60.7 Å². The molecule has 0 aliphatic heterocycles. The Kier molecular flexibility index (Phi) is 8.48. The van der Waals surface area contributed by atoms with Crippen molar-refractivity contribution in [3.05, 3.63) is 0 Å². The summed E-state index contributed by atoms with van der Waals surface area (Å²) in [6, 6.07) is 0. The van der Waals surface area contributed by atoms with Gasteiger partial charge < -0.3 is 0 Å². The van der Waals surface area contributed by atoms with Gasteiger partial charge in [-0.15, -0.1) is 0 Å². The molecule has 0 aromatic rings. The molecule has 0 aromatic carbocycles. The van der Waals surface area contributed by atoms with Gasteiger partial charge in [0.2, 0.25) is 0 Å². The molecule has 0 saturated carbocycles. The van der Waals surface area contributed by atoms with Crippen LogP contribution in [0.5, 0.6) is 0 Å². The van der Waals surface area contributed by atoms with E-state index in [1.807, 2.05) is 0 Å². The predicted molar refractivity (Wildman–Crippen MR) is 13.5 cm³/mol. The molecule has 0 aromatic heterocycles. The van der Waals surface area contributed by atoms with Crippen molar-refractivity contribution in [1.82, 2.24) is 0 Å². The fraction of sp³-hybridized carbons (Fsp3) is 0. The van der Waals surface area contributed by atoms with Crippen LogP contribution in [0.2, 0.25) is 0 Å². The van der Waals surface area contributed by atoms with Crippen LogP contribution in [-0.4, -0.2) is 31.6 Å². The predicted octanol–water partition coefficient (Wildman–Crippen LogP) is -1.63. The van der Waals surface area contributed by atoms with Crippen molar-refractivity contribution in [3.63, 3.8) is 0 Å². The number of hydrogen-bond donors (Lipinski definition) is 3. The molecule has 0 spiro atoms. The molecule has 3 N–H and O–H groups in total. The monoisotopic (exact) mass is 191 g/mol. The summed E-state index contributed by atoms with van der Waals surface area (Å²) in [6.07, 6.45) is 0. The molecule has 5 heteroatoms. The van der Waals surface area contributed by atoms with E-state index in [1.165, 1.54) is 0 Å². The average Bonchev–Trinajstić information content (AvgIpc) is 0.811. The van der Waals surface area contributed by atoms with E-state index in [2.05, 4.69) is 0 Å². The van der Waals surface area contributed by atoms with Crippen LogP contribution in [0.3, 0.4) is 0 Å². The van der Waals surface area contributed by atoms with E-state index >= 15 is 0 Å². The van der Waals surface area contributed by atoms with Crippen LogP contribution in [0, 0.1) is 0 Å². The first-order valence-corrected chi connectivity index (χ1v) is 4.02. The van der Waals surface area contributed by atoms with Crippen LogP contribution in [0.15, 0.2) is 0 Å². The van der Waals surface area contributed by atoms with Gasteiger partial charge in [-0.25, -0.2) is 0 Å². The van der Waals surface area contributed by atoms with Gasteiger partial charge in [0, 0.05) is 4.70 Å². The minimum absolute atomic E-state index is 0. The molecule has 1 radical (unpaired) electrons. The van der Waals surface area contributed by atoms with Gasteiger partial charge >= 0.3 is 31.6 Å². The van der Waals surface area contributed by atoms with Crippen molar-refractivity contribution in [1.29, 1.82) is 0 Å². The standard InChI is InChI=1S/F.3H2O.Sb/h;3*1H2;/q;;;;+3/p-3. The zero-order chi connectivity index (χ0) is 3.58. The van der Waals surface area contributed by atoms with Crippen molar-refractivity contribution in [2.75, 3.05) is 0 Å². The van der Waals surface area contributed by atoms with E-state index in [0.29, 0.717) is 0 Å². The van der Waals surface area contributed by atoms with E-state index in [9.17, 15) is 0 Å². The van der Waals surface area contributed by atoms with Gasteiger partial charge in [-0.1, -0.05) is 0 Å². The van der Waals surface area contributed by atoms with Gasteiger partial charge in [0.15, 0.2) is 0 Å². The molecule has 0 fully saturated rings. The summed E-state index contributed by atoms with van der Waals surface area (Å²) in [4.78, 5) is 0. The fourth-order valence-corrected chi connectivity index (χ4v) is 0. The first-order chi connectivity index (χ1) is 1.73. The summed E-state index contributed by atoms with van der Waals surface area (Å²) in [7, 11) is 0. The Morgan fingerprint density at radius 2 is 1.00 bits per heavy atom. The molecule has 3 nitrogen and oxygen atoms in total. The van der Waals surface area contributed by atoms with Crippen molar-refractivity contribution >= 4 is 21.5 Å². The molecule has 0 unspecified atom stereocenters. The van der Waals surface area contributed by atoms with Gasteiger partial charge in [0.1, 0.15) is 0 Å². The molecule has 0 saturated heterocycles. The van der Waals surface area contributed by atoms with E-state index in [0.717, 1.165) is 0 Å². The molecule has 0 bridgehead atoms. The Morgan fingerprint density at radius 1 is 1.00 bits per heavy atom. The van der Waals surface area contributed by atoms with Crippen molar-refractivity contribution < 1.29 is 14.9 Å². The molecule has 0 aliphatic carbocycles. The Bertz CT molecular complexity index is 11.6. The van der Waals surface area contributed by atoms with E-state index in [1.54, 1.807) is 0 Å². The van der Waals surface area contributed by atoms with Crippen LogP contribution >= 0.6 is 0 Å². The Morgan fingerprint density at radius 3 is 1.00 bits per heavy atom. The molecule has 33 valence electrons. The number of hydrogen-bond acceptors (Lipinski definition) is 3. The van der Waals surface area contributed by atoms with Crippen molar-refractivity contribution in [3.8, 4) is 0 Å². The second-order valence-corrected chi connectivity index (χ2v) is 1.80. The van der Waals surface area contributed by atoms with Crippen LogP contribution in [0.1, 0.15) is 0 Å². The van der Waals surface area contributed by atoms with Gasteiger partial charge in [0.25, 0.3) is 0 Å². The summed E-state index contributed by atoms with van der Waals surface area (Å²) >= 11 is -3.45. The Labute approximate surface area is 36.9 Å². The molecule has 0 heterocycles. The van der Waals surface area contributed by atoms with Crippen LogP contribution in [0.25, 0.3) is 0 Å². The van der Waals surface area contributed by atoms with Crippen LogP contribution < -0.4 is 0 Å². The van der Waals surface area contributed by atoms with Gasteiger partial charge in [-0.3, -0.25) is 0 Å². The van der Waals surface area contributed by atoms with E-state index < -0.39 is 21.5 Å². The molecule has 0 amide bonds. The summed E-state index contributed by atoms with van der Waals surface area (Å²) in [6.45, 7) is 0. The van der Waals surface area contributed by atoms with Gasteiger partial charge in [-0.2, -0.15) is 0 Å². The van der Waals surface area contributed by atoms with Gasteiger partial charge in [-0.05, 0) is 0 Å². The zero-order valence-electron chi connectivity index (χ0n) is 2.17. The first kappa shape index (κ1) is 9.16. The number of rotatable bonds is 0. The summed E-state index contributed by atoms with van der Waals surface area (Å²) in [5.41, 5.74) is 0. The second-order valence-electron chi connectivity index (χ2n) is 0.268. The maximum absolute atomic E-state index is 7.35. The zero-order valence-corrected chi connectivity index (χ0v) is 4.72. The van der Waals surface area contributed by atoms with E-state index in [-0.39, 0.29) is 4.70 Å². The third-order valence-corrected chi connectivity index (χ3v) is 0. The van der Waals surface area contributed by atoms with Crippen molar-refractivity contribution in [2.24, 2.45) is 0 Å². The molecular weight excluding hydrogens is 189 g/mol. The molecular formula is H3FO3Sb. The number of halogens is 1. The SMILES string of the molecule is [F].[OH][Sb]([OH])[OH]. The van der Waals surface area contributed by atoms with Gasteiger partial charge in [0.05, 0.1) is 0 Å². The maximum atomic E-state index is 7.35. The Balaban J connectivity index is 0. The molecule has 5 heavy (non-hydrogen) atoms. The normalized spacial score (nSPS) is 7.20. The second kappa shape index (κ2) is 4.63. The first-order valence-electron chi connectivity index (χ1n) is 0.600. The van der Waals surface area contributed by atoms with E-state index in [4.69, 9.17) is 10.2 Å². The van der Waals surface area contributed by atoms with Crippen LogP contribution in [-0.2, 0) is 0 Å². The third-order valence-electron chi connectivity index (χ3n) is 0. The summed E-state index contributed by atoms with van der Waals surface area (Å²) < 4.78 is 22.0. The summed E-state index contributed by atoms with van der Waals surface area (Å²) in [5, 5.41) is 0. The quantitative estimate of drug-likeness (QED) is 0.403.